The van der Waals surface area contributed by atoms with Crippen LogP contribution in [0.4, 0.5) is 0 Å². The quantitative estimate of drug-likeness (QED) is 0.543. The molecule has 0 aliphatic rings. The first-order valence-corrected chi connectivity index (χ1v) is 4.30. The molecule has 0 aliphatic heterocycles. The van der Waals surface area contributed by atoms with Gasteiger partial charge in [0.1, 0.15) is 4.60 Å². The fraction of sp³-hybridized carbons (Fsp3) is 0.167. The Morgan fingerprint density at radius 3 is 2.80 bits per heavy atom. The molecule has 0 aromatic carbocycles. The maximum Gasteiger partial charge on any atom is 0.110 e. The van der Waals surface area contributed by atoms with Crippen molar-refractivity contribution < 1.29 is 0 Å². The van der Waals surface area contributed by atoms with Gasteiger partial charge in [-0.05, 0) is 22.0 Å². The van der Waals surface area contributed by atoms with E-state index in [1.807, 2.05) is 0 Å². The standard InChI is InChI=1S/C6H4BrCl2N/c7-6-4(2-8)1-5(9)3-10-6/h1,3H,2H2. The molecule has 0 saturated carbocycles. The number of pyridine rings is 1. The third-order valence-electron chi connectivity index (χ3n) is 1.02. The van der Waals surface area contributed by atoms with Gasteiger partial charge in [-0.2, -0.15) is 0 Å². The van der Waals surface area contributed by atoms with E-state index in [9.17, 15) is 0 Å². The van der Waals surface area contributed by atoms with Crippen molar-refractivity contribution in [2.45, 2.75) is 5.88 Å². The number of aromatic nitrogens is 1. The highest BCUT2D eigenvalue weighted by molar-refractivity contribution is 9.10. The zero-order valence-electron chi connectivity index (χ0n) is 4.94. The third kappa shape index (κ3) is 1.84. The highest BCUT2D eigenvalue weighted by Crippen LogP contribution is 2.19. The molecule has 0 unspecified atom stereocenters. The molecule has 54 valence electrons. The van der Waals surface area contributed by atoms with Crippen molar-refractivity contribution in [2.24, 2.45) is 0 Å². The van der Waals surface area contributed by atoms with Gasteiger partial charge in [-0.15, -0.1) is 11.6 Å². The zero-order chi connectivity index (χ0) is 7.56. The Morgan fingerprint density at radius 2 is 2.30 bits per heavy atom. The summed E-state index contributed by atoms with van der Waals surface area (Å²) >= 11 is 14.5. The Morgan fingerprint density at radius 1 is 1.60 bits per heavy atom. The van der Waals surface area contributed by atoms with Crippen molar-refractivity contribution in [2.75, 3.05) is 0 Å². The molecule has 0 N–H and O–H groups in total. The topological polar surface area (TPSA) is 12.9 Å². The highest BCUT2D eigenvalue weighted by Gasteiger charge is 1.98. The van der Waals surface area contributed by atoms with Gasteiger partial charge in [0.25, 0.3) is 0 Å². The average Bonchev–Trinajstić information content (AvgIpc) is 1.94. The first kappa shape index (κ1) is 8.31. The molecule has 0 radical (unpaired) electrons. The molecule has 1 heterocycles. The molecule has 0 atom stereocenters. The minimum absolute atomic E-state index is 0.425. The maximum absolute atomic E-state index is 5.65. The molecular weight excluding hydrogens is 237 g/mol. The fourth-order valence-corrected chi connectivity index (χ4v) is 1.46. The van der Waals surface area contributed by atoms with Gasteiger partial charge in [0, 0.05) is 11.8 Å². The predicted molar refractivity (Wildman–Crippen MR) is 46.5 cm³/mol. The molecule has 0 aliphatic carbocycles. The van der Waals surface area contributed by atoms with Crippen LogP contribution in [0.1, 0.15) is 5.56 Å². The third-order valence-corrected chi connectivity index (χ3v) is 2.23. The summed E-state index contributed by atoms with van der Waals surface area (Å²) in [5, 5.41) is 0.610. The number of hydrogen-bond donors (Lipinski definition) is 0. The van der Waals surface area contributed by atoms with Crippen LogP contribution in [-0.2, 0) is 5.88 Å². The van der Waals surface area contributed by atoms with Crippen LogP contribution in [0.3, 0.4) is 0 Å². The van der Waals surface area contributed by atoms with Crippen molar-refractivity contribution in [3.63, 3.8) is 0 Å². The largest absolute Gasteiger partial charge is 0.247 e. The van der Waals surface area contributed by atoms with Crippen LogP contribution in [0.2, 0.25) is 5.02 Å². The Hall–Kier alpha value is 0.210. The second-order valence-corrected chi connectivity index (χ2v) is 3.19. The second-order valence-electron chi connectivity index (χ2n) is 1.74. The lowest BCUT2D eigenvalue weighted by Gasteiger charge is -1.97. The van der Waals surface area contributed by atoms with E-state index >= 15 is 0 Å². The smallest absolute Gasteiger partial charge is 0.110 e. The molecular formula is C6H4BrCl2N. The van der Waals surface area contributed by atoms with Crippen molar-refractivity contribution in [1.29, 1.82) is 0 Å². The molecule has 0 bridgehead atoms. The highest BCUT2D eigenvalue weighted by atomic mass is 79.9. The average molecular weight is 241 g/mol. The van der Waals surface area contributed by atoms with E-state index < -0.39 is 0 Å². The van der Waals surface area contributed by atoms with Crippen molar-refractivity contribution in [1.82, 2.24) is 4.98 Å². The first-order valence-electron chi connectivity index (χ1n) is 2.60. The monoisotopic (exact) mass is 239 g/mol. The summed E-state index contributed by atoms with van der Waals surface area (Å²) in [6.45, 7) is 0. The second kappa shape index (κ2) is 3.56. The van der Waals surface area contributed by atoms with Crippen LogP contribution in [0.15, 0.2) is 16.9 Å². The van der Waals surface area contributed by atoms with Crippen LogP contribution in [0, 0.1) is 0 Å². The normalized spacial score (nSPS) is 9.90. The van der Waals surface area contributed by atoms with Crippen LogP contribution >= 0.6 is 39.1 Å². The zero-order valence-corrected chi connectivity index (χ0v) is 8.04. The summed E-state index contributed by atoms with van der Waals surface area (Å²) in [4.78, 5) is 3.95. The minimum Gasteiger partial charge on any atom is -0.247 e. The van der Waals surface area contributed by atoms with E-state index in [0.29, 0.717) is 10.9 Å². The number of alkyl halides is 1. The number of halogens is 3. The summed E-state index contributed by atoms with van der Waals surface area (Å²) in [5.41, 5.74) is 0.911. The van der Waals surface area contributed by atoms with E-state index in [0.717, 1.165) is 10.2 Å². The van der Waals surface area contributed by atoms with E-state index in [1.54, 1.807) is 12.3 Å². The lowest BCUT2D eigenvalue weighted by molar-refractivity contribution is 1.20. The molecule has 0 fully saturated rings. The van der Waals surface area contributed by atoms with Crippen LogP contribution in [0.5, 0.6) is 0 Å². The lowest BCUT2D eigenvalue weighted by atomic mass is 10.3. The van der Waals surface area contributed by atoms with Crippen molar-refractivity contribution >= 4 is 39.1 Å². The Bertz CT molecular complexity index is 239. The Labute approximate surface area is 77.5 Å². The Kier molecular flexibility index (Phi) is 2.96. The molecule has 10 heavy (non-hydrogen) atoms. The van der Waals surface area contributed by atoms with Crippen molar-refractivity contribution in [3.8, 4) is 0 Å². The van der Waals surface area contributed by atoms with Gasteiger partial charge in [-0.1, -0.05) is 11.6 Å². The molecule has 0 amide bonds. The fourth-order valence-electron chi connectivity index (χ4n) is 0.558. The van der Waals surface area contributed by atoms with Gasteiger partial charge < -0.3 is 0 Å². The Balaban J connectivity index is 3.09. The summed E-state index contributed by atoms with van der Waals surface area (Å²) in [6.07, 6.45) is 1.57. The molecule has 1 aromatic rings. The van der Waals surface area contributed by atoms with Crippen LogP contribution < -0.4 is 0 Å². The van der Waals surface area contributed by atoms with E-state index in [-0.39, 0.29) is 0 Å². The summed E-state index contributed by atoms with van der Waals surface area (Å²) in [5.74, 6) is 0.425. The van der Waals surface area contributed by atoms with Crippen LogP contribution in [-0.4, -0.2) is 4.98 Å². The molecule has 0 saturated heterocycles. The molecule has 0 spiro atoms. The van der Waals surface area contributed by atoms with E-state index in [1.165, 1.54) is 0 Å². The van der Waals surface area contributed by atoms with Crippen molar-refractivity contribution in [3.05, 3.63) is 27.5 Å². The van der Waals surface area contributed by atoms with Gasteiger partial charge in [-0.3, -0.25) is 0 Å². The molecule has 1 aromatic heterocycles. The lowest BCUT2D eigenvalue weighted by Crippen LogP contribution is -1.83. The first-order chi connectivity index (χ1) is 4.74. The summed E-state index contributed by atoms with van der Waals surface area (Å²) < 4.78 is 0.756. The summed E-state index contributed by atoms with van der Waals surface area (Å²) in [6, 6.07) is 1.78. The maximum atomic E-state index is 5.65. The number of hydrogen-bond acceptors (Lipinski definition) is 1. The van der Waals surface area contributed by atoms with Crippen LogP contribution in [0.25, 0.3) is 0 Å². The van der Waals surface area contributed by atoms with E-state index in [2.05, 4.69) is 20.9 Å². The molecule has 1 nitrogen and oxygen atoms in total. The molecule has 4 heteroatoms. The number of rotatable bonds is 1. The van der Waals surface area contributed by atoms with E-state index in [4.69, 9.17) is 23.2 Å². The van der Waals surface area contributed by atoms with Gasteiger partial charge >= 0.3 is 0 Å². The predicted octanol–water partition coefficient (Wildman–Crippen LogP) is 3.24. The molecule has 1 rings (SSSR count). The SMILES string of the molecule is ClCc1cc(Cl)cnc1Br. The van der Waals surface area contributed by atoms with Gasteiger partial charge in [-0.25, -0.2) is 4.98 Å². The number of nitrogens with zero attached hydrogens (tertiary/aromatic N) is 1. The van der Waals surface area contributed by atoms with Gasteiger partial charge in [0.2, 0.25) is 0 Å². The summed E-state index contributed by atoms with van der Waals surface area (Å²) in [7, 11) is 0. The van der Waals surface area contributed by atoms with Gasteiger partial charge in [0.05, 0.1) is 10.9 Å². The minimum atomic E-state index is 0.425. The van der Waals surface area contributed by atoms with Gasteiger partial charge in [0.15, 0.2) is 0 Å².